The van der Waals surface area contributed by atoms with Gasteiger partial charge in [0.15, 0.2) is 0 Å². The minimum Gasteiger partial charge on any atom is -0.481 e. The van der Waals surface area contributed by atoms with Crippen LogP contribution in [0.4, 0.5) is 0 Å². The van der Waals surface area contributed by atoms with Gasteiger partial charge in [0.2, 0.25) is 5.88 Å². The van der Waals surface area contributed by atoms with E-state index < -0.39 is 0 Å². The van der Waals surface area contributed by atoms with Crippen LogP contribution in [0, 0.1) is 0 Å². The zero-order chi connectivity index (χ0) is 13.8. The lowest BCUT2D eigenvalue weighted by atomic mass is 10.1. The second kappa shape index (κ2) is 6.17. The fourth-order valence-corrected chi connectivity index (χ4v) is 2.33. The van der Waals surface area contributed by atoms with Crippen molar-refractivity contribution in [3.05, 3.63) is 45.4 Å². The van der Waals surface area contributed by atoms with E-state index in [2.05, 4.69) is 20.9 Å². The molecule has 19 heavy (non-hydrogen) atoms. The zero-order valence-corrected chi connectivity index (χ0v) is 12.5. The first-order chi connectivity index (χ1) is 9.17. The van der Waals surface area contributed by atoms with Crippen LogP contribution < -0.4 is 4.74 Å². The van der Waals surface area contributed by atoms with Crippen LogP contribution in [0.3, 0.4) is 0 Å². The van der Waals surface area contributed by atoms with Gasteiger partial charge in [-0.2, -0.15) is 0 Å². The highest BCUT2D eigenvalue weighted by Crippen LogP contribution is 2.33. The number of rotatable bonds is 4. The van der Waals surface area contributed by atoms with E-state index in [-0.39, 0.29) is 6.42 Å². The van der Waals surface area contributed by atoms with Crippen LogP contribution in [0.2, 0.25) is 5.02 Å². The molecule has 1 heterocycles. The Morgan fingerprint density at radius 3 is 2.84 bits per heavy atom. The van der Waals surface area contributed by atoms with Crippen LogP contribution >= 0.6 is 27.5 Å². The molecule has 0 amide bonds. The SMILES string of the molecule is COc1nc(-c2cccc(Br)c2Cl)ccc1CC=O. The Bertz CT molecular complexity index is 616. The molecule has 0 aliphatic carbocycles. The van der Waals surface area contributed by atoms with Gasteiger partial charge in [0.25, 0.3) is 0 Å². The maximum Gasteiger partial charge on any atom is 0.217 e. The molecule has 0 saturated carbocycles. The van der Waals surface area contributed by atoms with Crippen molar-refractivity contribution in [3.63, 3.8) is 0 Å². The fraction of sp³-hybridized carbons (Fsp3) is 0.143. The molecule has 98 valence electrons. The summed E-state index contributed by atoms with van der Waals surface area (Å²) in [6.07, 6.45) is 1.11. The Kier molecular flexibility index (Phi) is 4.56. The molecule has 0 aliphatic rings. The minimum atomic E-state index is 0.280. The van der Waals surface area contributed by atoms with Gasteiger partial charge in [0.05, 0.1) is 17.8 Å². The molecule has 0 aliphatic heterocycles. The van der Waals surface area contributed by atoms with Crippen molar-refractivity contribution in [3.8, 4) is 17.1 Å². The lowest BCUT2D eigenvalue weighted by Crippen LogP contribution is -1.97. The third-order valence-corrected chi connectivity index (χ3v) is 3.96. The van der Waals surface area contributed by atoms with E-state index in [1.807, 2.05) is 30.3 Å². The number of pyridine rings is 1. The molecule has 0 spiro atoms. The number of hydrogen-bond acceptors (Lipinski definition) is 3. The molecule has 0 saturated heterocycles. The van der Waals surface area contributed by atoms with Crippen LogP contribution in [0.15, 0.2) is 34.8 Å². The third-order valence-electron chi connectivity index (χ3n) is 2.66. The summed E-state index contributed by atoms with van der Waals surface area (Å²) in [6.45, 7) is 0. The average Bonchev–Trinajstić information content (AvgIpc) is 2.43. The summed E-state index contributed by atoms with van der Waals surface area (Å²) >= 11 is 9.62. The number of carbonyl (C=O) groups excluding carboxylic acids is 1. The smallest absolute Gasteiger partial charge is 0.217 e. The monoisotopic (exact) mass is 339 g/mol. The second-order valence-corrected chi connectivity index (χ2v) is 5.07. The molecule has 3 nitrogen and oxygen atoms in total. The maximum atomic E-state index is 10.6. The number of aromatic nitrogens is 1. The van der Waals surface area contributed by atoms with Crippen molar-refractivity contribution in [2.45, 2.75) is 6.42 Å². The van der Waals surface area contributed by atoms with Gasteiger partial charge in [0.1, 0.15) is 6.29 Å². The molecule has 2 aromatic rings. The molecule has 0 radical (unpaired) electrons. The number of nitrogens with zero attached hydrogens (tertiary/aromatic N) is 1. The predicted molar refractivity (Wildman–Crippen MR) is 78.7 cm³/mol. The normalized spacial score (nSPS) is 10.3. The highest BCUT2D eigenvalue weighted by Gasteiger charge is 2.11. The topological polar surface area (TPSA) is 39.2 Å². The highest BCUT2D eigenvalue weighted by atomic mass is 79.9. The summed E-state index contributed by atoms with van der Waals surface area (Å²) in [7, 11) is 1.53. The van der Waals surface area contributed by atoms with Gasteiger partial charge < -0.3 is 9.53 Å². The molecule has 1 aromatic carbocycles. The van der Waals surface area contributed by atoms with Crippen LogP contribution in [0.25, 0.3) is 11.3 Å². The molecular weight excluding hydrogens is 330 g/mol. The summed E-state index contributed by atoms with van der Waals surface area (Å²) in [4.78, 5) is 15.0. The number of halogens is 2. The highest BCUT2D eigenvalue weighted by molar-refractivity contribution is 9.10. The van der Waals surface area contributed by atoms with Crippen LogP contribution in [-0.2, 0) is 11.2 Å². The van der Waals surface area contributed by atoms with Gasteiger partial charge in [0, 0.05) is 22.0 Å². The Hall–Kier alpha value is -1.39. The Labute approximate surface area is 124 Å². The first-order valence-corrected chi connectivity index (χ1v) is 6.76. The quantitative estimate of drug-likeness (QED) is 0.792. The number of hydrogen-bond donors (Lipinski definition) is 0. The first-order valence-electron chi connectivity index (χ1n) is 5.59. The summed E-state index contributed by atoms with van der Waals surface area (Å²) in [5.41, 5.74) is 2.28. The number of aldehydes is 1. The predicted octanol–water partition coefficient (Wildman–Crippen LogP) is 3.91. The number of methoxy groups -OCH3 is 1. The van der Waals surface area contributed by atoms with Crippen molar-refractivity contribution in [1.82, 2.24) is 4.98 Å². The summed E-state index contributed by atoms with van der Waals surface area (Å²) < 4.78 is 6.01. The van der Waals surface area contributed by atoms with Crippen LogP contribution in [-0.4, -0.2) is 18.4 Å². The first kappa shape index (κ1) is 14.0. The molecule has 1 aromatic heterocycles. The van der Waals surface area contributed by atoms with E-state index in [9.17, 15) is 4.79 Å². The van der Waals surface area contributed by atoms with Crippen molar-refractivity contribution in [1.29, 1.82) is 0 Å². The standard InChI is InChI=1S/C14H11BrClNO2/c1-19-14-9(7-8-18)5-6-12(17-14)10-3-2-4-11(15)13(10)16/h2-6,8H,7H2,1H3. The molecule has 0 fully saturated rings. The van der Waals surface area contributed by atoms with E-state index in [4.69, 9.17) is 16.3 Å². The van der Waals surface area contributed by atoms with Crippen LogP contribution in [0.5, 0.6) is 5.88 Å². The minimum absolute atomic E-state index is 0.280. The van der Waals surface area contributed by atoms with Gasteiger partial charge in [-0.3, -0.25) is 0 Å². The Morgan fingerprint density at radius 2 is 2.16 bits per heavy atom. The second-order valence-electron chi connectivity index (χ2n) is 3.84. The van der Waals surface area contributed by atoms with Gasteiger partial charge in [-0.15, -0.1) is 0 Å². The van der Waals surface area contributed by atoms with Crippen molar-refractivity contribution in [2.24, 2.45) is 0 Å². The van der Waals surface area contributed by atoms with Crippen molar-refractivity contribution >= 4 is 33.8 Å². The van der Waals surface area contributed by atoms with Gasteiger partial charge in [-0.1, -0.05) is 29.8 Å². The molecule has 0 N–H and O–H groups in total. The molecule has 2 rings (SSSR count). The lowest BCUT2D eigenvalue weighted by Gasteiger charge is -2.09. The van der Waals surface area contributed by atoms with E-state index in [1.165, 1.54) is 7.11 Å². The number of benzene rings is 1. The van der Waals surface area contributed by atoms with Crippen molar-refractivity contribution in [2.75, 3.05) is 7.11 Å². The molecule has 5 heteroatoms. The fourth-order valence-electron chi connectivity index (χ4n) is 1.74. The van der Waals surface area contributed by atoms with Crippen LogP contribution in [0.1, 0.15) is 5.56 Å². The molecular formula is C14H11BrClNO2. The van der Waals surface area contributed by atoms with E-state index in [0.29, 0.717) is 16.6 Å². The average molecular weight is 341 g/mol. The maximum absolute atomic E-state index is 10.6. The Balaban J connectivity index is 2.51. The van der Waals surface area contributed by atoms with Crippen molar-refractivity contribution < 1.29 is 9.53 Å². The molecule has 0 unspecified atom stereocenters. The van der Waals surface area contributed by atoms with Gasteiger partial charge in [-0.25, -0.2) is 4.98 Å². The van der Waals surface area contributed by atoms with Gasteiger partial charge >= 0.3 is 0 Å². The van der Waals surface area contributed by atoms with E-state index in [0.717, 1.165) is 21.9 Å². The summed E-state index contributed by atoms with van der Waals surface area (Å²) in [5.74, 6) is 0.445. The number of carbonyl (C=O) groups is 1. The van der Waals surface area contributed by atoms with Gasteiger partial charge in [-0.05, 0) is 28.1 Å². The largest absolute Gasteiger partial charge is 0.481 e. The van der Waals surface area contributed by atoms with E-state index >= 15 is 0 Å². The zero-order valence-electron chi connectivity index (χ0n) is 10.2. The summed E-state index contributed by atoms with van der Waals surface area (Å²) in [5, 5.41) is 0.597. The lowest BCUT2D eigenvalue weighted by molar-refractivity contribution is -0.107. The number of ether oxygens (including phenoxy) is 1. The summed E-state index contributed by atoms with van der Waals surface area (Å²) in [6, 6.07) is 9.29. The third kappa shape index (κ3) is 2.96. The molecule has 0 atom stereocenters. The molecule has 0 bridgehead atoms. The Morgan fingerprint density at radius 1 is 1.37 bits per heavy atom. The van der Waals surface area contributed by atoms with E-state index in [1.54, 1.807) is 0 Å².